The van der Waals surface area contributed by atoms with Crippen LogP contribution < -0.4 is 0 Å². The van der Waals surface area contributed by atoms with Crippen molar-refractivity contribution in [2.45, 2.75) is 90.1 Å². The van der Waals surface area contributed by atoms with Crippen molar-refractivity contribution in [3.05, 3.63) is 12.2 Å². The fourth-order valence-electron chi connectivity index (χ4n) is 4.51. The number of esters is 2. The summed E-state index contributed by atoms with van der Waals surface area (Å²) in [6, 6.07) is 0. The van der Waals surface area contributed by atoms with Crippen molar-refractivity contribution in [1.29, 1.82) is 0 Å². The van der Waals surface area contributed by atoms with Crippen molar-refractivity contribution in [3.63, 3.8) is 0 Å². The van der Waals surface area contributed by atoms with Crippen LogP contribution >= 0.6 is 0 Å². The molecule has 1 unspecified atom stereocenters. The van der Waals surface area contributed by atoms with Crippen LogP contribution in [0.3, 0.4) is 0 Å². The number of carbonyl (C=O) groups excluding carboxylic acids is 2. The predicted molar refractivity (Wildman–Crippen MR) is 113 cm³/mol. The molecule has 1 aliphatic carbocycles. The van der Waals surface area contributed by atoms with Gasteiger partial charge in [-0.2, -0.15) is 0 Å². The normalized spacial score (nSPS) is 29.7. The first-order chi connectivity index (χ1) is 14.3. The Kier molecular flexibility index (Phi) is 9.87. The van der Waals surface area contributed by atoms with Gasteiger partial charge in [0.05, 0.1) is 25.4 Å². The van der Waals surface area contributed by atoms with Gasteiger partial charge >= 0.3 is 11.9 Å². The maximum Gasteiger partial charge on any atom is 0.305 e. The van der Waals surface area contributed by atoms with Gasteiger partial charge < -0.3 is 19.3 Å². The van der Waals surface area contributed by atoms with Gasteiger partial charge in [-0.3, -0.25) is 9.59 Å². The molecule has 1 N–H and O–H groups in total. The topological polar surface area (TPSA) is 82.1 Å². The third kappa shape index (κ3) is 7.14. The number of unbranched alkanes of at least 4 members (excludes halogenated alkanes) is 1. The van der Waals surface area contributed by atoms with Gasteiger partial charge in [0.1, 0.15) is 6.10 Å². The molecule has 2 rings (SSSR count). The van der Waals surface area contributed by atoms with Crippen LogP contribution in [-0.2, 0) is 23.8 Å². The van der Waals surface area contributed by atoms with E-state index >= 15 is 0 Å². The van der Waals surface area contributed by atoms with Crippen molar-refractivity contribution in [2.24, 2.45) is 17.8 Å². The van der Waals surface area contributed by atoms with Crippen molar-refractivity contribution >= 4 is 11.9 Å². The minimum absolute atomic E-state index is 0.0399. The molecule has 6 heteroatoms. The largest absolute Gasteiger partial charge is 0.469 e. The summed E-state index contributed by atoms with van der Waals surface area (Å²) in [5, 5.41) is 10.4. The molecular weight excluding hydrogens is 384 g/mol. The van der Waals surface area contributed by atoms with Gasteiger partial charge in [-0.05, 0) is 38.0 Å². The van der Waals surface area contributed by atoms with Gasteiger partial charge in [0.2, 0.25) is 0 Å². The SMILES string of the molecule is CC#CCC(C)[C@H](O)/C=C/[C@@H]1[C@H]2C[C@@H](CCCCC(=O)OC)O[C@H]2C[C@H]1OC(C)=O. The van der Waals surface area contributed by atoms with Crippen molar-refractivity contribution in [1.82, 2.24) is 0 Å². The van der Waals surface area contributed by atoms with Crippen LogP contribution in [0.25, 0.3) is 0 Å². The quantitative estimate of drug-likeness (QED) is 0.252. The standard InChI is InChI=1S/C24H36O6/c1-5-6-9-16(2)21(26)13-12-19-20-14-18(10-7-8-11-24(27)28-4)30-23(20)15-22(19)29-17(3)25/h12-13,16,18-23,26H,7-11,14-15H2,1-4H3/b13-12+/t16?,18-,19-,20-,21-,22-,23+/m1/s1. The molecule has 0 amide bonds. The lowest BCUT2D eigenvalue weighted by Crippen LogP contribution is -2.25. The molecule has 1 saturated heterocycles. The Morgan fingerprint density at radius 3 is 2.73 bits per heavy atom. The Morgan fingerprint density at radius 1 is 1.30 bits per heavy atom. The predicted octanol–water partition coefficient (Wildman–Crippen LogP) is 3.41. The molecular formula is C24H36O6. The zero-order valence-electron chi connectivity index (χ0n) is 18.6. The second-order valence-electron chi connectivity index (χ2n) is 8.46. The Hall–Kier alpha value is -1.84. The molecule has 0 spiro atoms. The number of aliphatic hydroxyl groups is 1. The third-order valence-corrected chi connectivity index (χ3v) is 6.18. The first-order valence-electron chi connectivity index (χ1n) is 11.0. The van der Waals surface area contributed by atoms with Crippen LogP contribution in [0.4, 0.5) is 0 Å². The molecule has 2 fully saturated rings. The van der Waals surface area contributed by atoms with E-state index in [4.69, 9.17) is 9.47 Å². The van der Waals surface area contributed by atoms with Crippen molar-refractivity contribution < 1.29 is 28.9 Å². The number of hydrogen-bond donors (Lipinski definition) is 1. The van der Waals surface area contributed by atoms with Crippen LogP contribution in [-0.4, -0.2) is 48.6 Å². The number of hydrogen-bond acceptors (Lipinski definition) is 6. The highest BCUT2D eigenvalue weighted by Gasteiger charge is 2.49. The van der Waals surface area contributed by atoms with E-state index in [1.807, 2.05) is 19.1 Å². The second kappa shape index (κ2) is 12.1. The van der Waals surface area contributed by atoms with Crippen LogP contribution in [0.2, 0.25) is 0 Å². The molecule has 30 heavy (non-hydrogen) atoms. The second-order valence-corrected chi connectivity index (χ2v) is 8.46. The summed E-state index contributed by atoms with van der Waals surface area (Å²) in [5.41, 5.74) is 0. The average Bonchev–Trinajstić information content (AvgIpc) is 3.23. The van der Waals surface area contributed by atoms with E-state index in [2.05, 4.69) is 16.6 Å². The third-order valence-electron chi connectivity index (χ3n) is 6.18. The summed E-state index contributed by atoms with van der Waals surface area (Å²) in [6.07, 6.45) is 8.57. The van der Waals surface area contributed by atoms with E-state index < -0.39 is 6.10 Å². The monoisotopic (exact) mass is 420 g/mol. The smallest absolute Gasteiger partial charge is 0.305 e. The maximum atomic E-state index is 11.6. The molecule has 0 bridgehead atoms. The average molecular weight is 421 g/mol. The molecule has 1 saturated carbocycles. The van der Waals surface area contributed by atoms with Crippen molar-refractivity contribution in [2.75, 3.05) is 7.11 Å². The molecule has 7 atom stereocenters. The van der Waals surface area contributed by atoms with Gasteiger partial charge in [-0.25, -0.2) is 0 Å². The first-order valence-corrected chi connectivity index (χ1v) is 11.0. The fourth-order valence-corrected chi connectivity index (χ4v) is 4.51. The summed E-state index contributed by atoms with van der Waals surface area (Å²) < 4.78 is 16.5. The molecule has 0 aromatic heterocycles. The first kappa shape index (κ1) is 24.4. The Morgan fingerprint density at radius 2 is 2.07 bits per heavy atom. The van der Waals surface area contributed by atoms with Crippen LogP contribution in [0.15, 0.2) is 12.2 Å². The van der Waals surface area contributed by atoms with Gasteiger partial charge in [0, 0.05) is 32.1 Å². The summed E-state index contributed by atoms with van der Waals surface area (Å²) in [7, 11) is 1.41. The summed E-state index contributed by atoms with van der Waals surface area (Å²) >= 11 is 0. The molecule has 1 aliphatic heterocycles. The van der Waals surface area contributed by atoms with Gasteiger partial charge in [0.15, 0.2) is 0 Å². The van der Waals surface area contributed by atoms with E-state index in [-0.39, 0.29) is 48.0 Å². The number of fused-ring (bicyclic) bond motifs is 1. The molecule has 6 nitrogen and oxygen atoms in total. The number of aliphatic hydroxyl groups excluding tert-OH is 1. The van der Waals surface area contributed by atoms with Gasteiger partial charge in [0.25, 0.3) is 0 Å². The number of rotatable bonds is 10. The summed E-state index contributed by atoms with van der Waals surface area (Å²) in [5.74, 6) is 5.76. The molecule has 2 aliphatic rings. The lowest BCUT2D eigenvalue weighted by atomic mass is 9.88. The highest BCUT2D eigenvalue weighted by atomic mass is 16.6. The fraction of sp³-hybridized carbons (Fsp3) is 0.750. The summed E-state index contributed by atoms with van der Waals surface area (Å²) in [6.45, 7) is 5.20. The van der Waals surface area contributed by atoms with Crippen LogP contribution in [0, 0.1) is 29.6 Å². The zero-order chi connectivity index (χ0) is 22.1. The van der Waals surface area contributed by atoms with Crippen LogP contribution in [0.1, 0.15) is 65.7 Å². The zero-order valence-corrected chi connectivity index (χ0v) is 18.6. The van der Waals surface area contributed by atoms with Gasteiger partial charge in [-0.15, -0.1) is 11.8 Å². The minimum atomic E-state index is -0.584. The highest BCUT2D eigenvalue weighted by molar-refractivity contribution is 5.69. The Labute approximate surface area is 180 Å². The lowest BCUT2D eigenvalue weighted by Gasteiger charge is -2.22. The number of ether oxygens (including phenoxy) is 3. The Balaban J connectivity index is 1.94. The molecule has 1 heterocycles. The lowest BCUT2D eigenvalue weighted by molar-refractivity contribution is -0.148. The van der Waals surface area contributed by atoms with Crippen molar-refractivity contribution in [3.8, 4) is 11.8 Å². The van der Waals surface area contributed by atoms with E-state index in [0.29, 0.717) is 19.3 Å². The molecule has 0 radical (unpaired) electrons. The minimum Gasteiger partial charge on any atom is -0.469 e. The molecule has 0 aromatic rings. The van der Waals surface area contributed by atoms with Gasteiger partial charge in [-0.1, -0.05) is 25.5 Å². The maximum absolute atomic E-state index is 11.6. The van der Waals surface area contributed by atoms with E-state index in [0.717, 1.165) is 25.7 Å². The molecule has 0 aromatic carbocycles. The van der Waals surface area contributed by atoms with Crippen LogP contribution in [0.5, 0.6) is 0 Å². The van der Waals surface area contributed by atoms with E-state index in [1.165, 1.54) is 14.0 Å². The Bertz CT molecular complexity index is 660. The summed E-state index contributed by atoms with van der Waals surface area (Å²) in [4.78, 5) is 22.8. The highest BCUT2D eigenvalue weighted by Crippen LogP contribution is 2.46. The molecule has 168 valence electrons. The van der Waals surface area contributed by atoms with E-state index in [9.17, 15) is 14.7 Å². The number of carbonyl (C=O) groups is 2. The number of methoxy groups -OCH3 is 1. The van der Waals surface area contributed by atoms with E-state index in [1.54, 1.807) is 6.92 Å².